The maximum atomic E-state index is 12.3. The van der Waals surface area contributed by atoms with E-state index >= 15 is 0 Å². The number of esters is 1. The molecule has 0 radical (unpaired) electrons. The summed E-state index contributed by atoms with van der Waals surface area (Å²) in [5.41, 5.74) is 0.426. The predicted octanol–water partition coefficient (Wildman–Crippen LogP) is 2.35. The van der Waals surface area contributed by atoms with Crippen LogP contribution in [0.2, 0.25) is 0 Å². The first kappa shape index (κ1) is 17.8. The molecule has 25 heavy (non-hydrogen) atoms. The van der Waals surface area contributed by atoms with Gasteiger partial charge >= 0.3 is 5.97 Å². The van der Waals surface area contributed by atoms with E-state index < -0.39 is 19.1 Å². The Hall–Kier alpha value is -2.02. The van der Waals surface area contributed by atoms with Crippen molar-refractivity contribution in [3.05, 3.63) is 34.3 Å². The van der Waals surface area contributed by atoms with Crippen LogP contribution in [0.25, 0.3) is 0 Å². The fourth-order valence-electron chi connectivity index (χ4n) is 3.43. The molecule has 2 aliphatic rings. The van der Waals surface area contributed by atoms with E-state index in [1.807, 2.05) is 0 Å². The molecular weight excluding hydrogens is 390 g/mol. The molecule has 1 saturated heterocycles. The molecule has 0 unspecified atom stereocenters. The van der Waals surface area contributed by atoms with Gasteiger partial charge < -0.3 is 4.74 Å². The molecule has 2 atom stereocenters. The monoisotopic (exact) mass is 407 g/mol. The highest BCUT2D eigenvalue weighted by Gasteiger charge is 2.48. The Morgan fingerprint density at radius 3 is 2.16 bits per heavy atom. The third kappa shape index (κ3) is 3.81. The molecule has 1 aliphatic heterocycles. The highest BCUT2D eigenvalue weighted by Crippen LogP contribution is 2.37. The largest absolute Gasteiger partial charge is 0.456 e. The number of ketones is 1. The number of Topliss-reactive ketones (excluding diaryl/α,β-unsaturated/α-hetero) is 1. The number of fused-ring (bicyclic) bond motifs is 1. The Balaban J connectivity index is 1.54. The number of ether oxygens (including phenoxy) is 1. The molecule has 3 rings (SSSR count). The van der Waals surface area contributed by atoms with Crippen molar-refractivity contribution in [2.24, 2.45) is 11.8 Å². The number of benzene rings is 1. The van der Waals surface area contributed by atoms with Gasteiger partial charge in [0, 0.05) is 10.0 Å². The van der Waals surface area contributed by atoms with Gasteiger partial charge in [0.2, 0.25) is 11.8 Å². The number of hydrogen-bond donors (Lipinski definition) is 0. The number of rotatable bonds is 5. The molecule has 0 aromatic heterocycles. The highest BCUT2D eigenvalue weighted by atomic mass is 79.9. The Labute approximate surface area is 153 Å². The average molecular weight is 408 g/mol. The second kappa shape index (κ2) is 7.47. The van der Waals surface area contributed by atoms with Crippen molar-refractivity contribution >= 4 is 39.5 Å². The minimum Gasteiger partial charge on any atom is -0.456 e. The van der Waals surface area contributed by atoms with Gasteiger partial charge in [-0.25, -0.2) is 0 Å². The van der Waals surface area contributed by atoms with Crippen molar-refractivity contribution in [1.29, 1.82) is 0 Å². The molecular formula is C18H18BrNO5. The van der Waals surface area contributed by atoms with Crippen LogP contribution in [0.5, 0.6) is 0 Å². The lowest BCUT2D eigenvalue weighted by atomic mass is 9.81. The fraction of sp³-hybridized carbons (Fsp3) is 0.444. The summed E-state index contributed by atoms with van der Waals surface area (Å²) in [5.74, 6) is -2.24. The second-order valence-electron chi connectivity index (χ2n) is 6.35. The van der Waals surface area contributed by atoms with E-state index in [2.05, 4.69) is 15.9 Å². The molecule has 0 bridgehead atoms. The van der Waals surface area contributed by atoms with E-state index in [4.69, 9.17) is 4.74 Å². The number of halogens is 1. The second-order valence-corrected chi connectivity index (χ2v) is 7.27. The number of carbonyl (C=O) groups is 4. The first-order valence-electron chi connectivity index (χ1n) is 8.27. The first-order valence-corrected chi connectivity index (χ1v) is 9.06. The zero-order valence-corrected chi connectivity index (χ0v) is 15.2. The van der Waals surface area contributed by atoms with Crippen molar-refractivity contribution < 1.29 is 23.9 Å². The SMILES string of the molecule is O=C(CN1C(=O)[C@H]2CCCC[C@@H]2C1=O)OCC(=O)c1ccc(Br)cc1. The summed E-state index contributed by atoms with van der Waals surface area (Å²) in [4.78, 5) is 49.5. The summed E-state index contributed by atoms with van der Waals surface area (Å²) in [6.45, 7) is -0.832. The molecule has 1 aromatic carbocycles. The Bertz CT molecular complexity index is 691. The Morgan fingerprint density at radius 2 is 1.60 bits per heavy atom. The lowest BCUT2D eigenvalue weighted by molar-refractivity contribution is -0.152. The van der Waals surface area contributed by atoms with Crippen LogP contribution < -0.4 is 0 Å². The van der Waals surface area contributed by atoms with Gasteiger partial charge in [-0.1, -0.05) is 40.9 Å². The van der Waals surface area contributed by atoms with Crippen molar-refractivity contribution in [1.82, 2.24) is 4.90 Å². The molecule has 1 saturated carbocycles. The van der Waals surface area contributed by atoms with Gasteiger partial charge in [0.1, 0.15) is 6.54 Å². The summed E-state index contributed by atoms with van der Waals surface area (Å²) in [6.07, 6.45) is 3.26. The zero-order valence-electron chi connectivity index (χ0n) is 13.6. The number of carbonyl (C=O) groups excluding carboxylic acids is 4. The minimum atomic E-state index is -0.745. The molecule has 0 spiro atoms. The standard InChI is InChI=1S/C18H18BrNO5/c19-12-7-5-11(6-8-12)15(21)10-25-16(22)9-20-17(23)13-3-1-2-4-14(13)18(20)24/h5-8,13-14H,1-4,9-10H2/t13-,14-/m0/s1. The van der Waals surface area contributed by atoms with Crippen molar-refractivity contribution in [3.8, 4) is 0 Å². The summed E-state index contributed by atoms with van der Waals surface area (Å²) in [7, 11) is 0. The third-order valence-electron chi connectivity index (χ3n) is 4.75. The van der Waals surface area contributed by atoms with Crippen LogP contribution in [0.15, 0.2) is 28.7 Å². The number of hydrogen-bond acceptors (Lipinski definition) is 5. The third-order valence-corrected chi connectivity index (χ3v) is 5.28. The molecule has 1 heterocycles. The first-order chi connectivity index (χ1) is 12.0. The van der Waals surface area contributed by atoms with Gasteiger partial charge in [0.05, 0.1) is 11.8 Å². The van der Waals surface area contributed by atoms with Crippen LogP contribution in [0, 0.1) is 11.8 Å². The molecule has 2 fully saturated rings. The van der Waals surface area contributed by atoms with E-state index in [-0.39, 0.29) is 29.4 Å². The lowest BCUT2D eigenvalue weighted by Gasteiger charge is -2.19. The summed E-state index contributed by atoms with van der Waals surface area (Å²) >= 11 is 3.28. The Morgan fingerprint density at radius 1 is 1.04 bits per heavy atom. The topological polar surface area (TPSA) is 80.8 Å². The smallest absolute Gasteiger partial charge is 0.326 e. The predicted molar refractivity (Wildman–Crippen MR) is 91.6 cm³/mol. The van der Waals surface area contributed by atoms with Crippen LogP contribution in [0.3, 0.4) is 0 Å². The van der Waals surface area contributed by atoms with Gasteiger partial charge in [-0.2, -0.15) is 0 Å². The van der Waals surface area contributed by atoms with Gasteiger partial charge in [-0.3, -0.25) is 24.1 Å². The quantitative estimate of drug-likeness (QED) is 0.425. The maximum Gasteiger partial charge on any atom is 0.326 e. The van der Waals surface area contributed by atoms with Crippen LogP contribution in [0.1, 0.15) is 36.0 Å². The van der Waals surface area contributed by atoms with E-state index in [1.165, 1.54) is 0 Å². The van der Waals surface area contributed by atoms with Gasteiger partial charge in [-0.05, 0) is 25.0 Å². The van der Waals surface area contributed by atoms with Gasteiger partial charge in [-0.15, -0.1) is 0 Å². The average Bonchev–Trinajstić information content (AvgIpc) is 2.86. The number of likely N-dealkylation sites (tertiary alicyclic amines) is 1. The van der Waals surface area contributed by atoms with Gasteiger partial charge in [0.25, 0.3) is 0 Å². The number of imide groups is 1. The molecule has 132 valence electrons. The molecule has 1 aliphatic carbocycles. The molecule has 7 heteroatoms. The zero-order chi connectivity index (χ0) is 18.0. The molecule has 2 amide bonds. The number of amides is 2. The van der Waals surface area contributed by atoms with Crippen molar-refractivity contribution in [2.75, 3.05) is 13.2 Å². The summed E-state index contributed by atoms with van der Waals surface area (Å²) in [6, 6.07) is 6.69. The van der Waals surface area contributed by atoms with E-state index in [0.29, 0.717) is 18.4 Å². The van der Waals surface area contributed by atoms with Crippen molar-refractivity contribution in [2.45, 2.75) is 25.7 Å². The maximum absolute atomic E-state index is 12.3. The molecule has 0 N–H and O–H groups in total. The van der Waals surface area contributed by atoms with E-state index in [9.17, 15) is 19.2 Å². The fourth-order valence-corrected chi connectivity index (χ4v) is 3.69. The van der Waals surface area contributed by atoms with Crippen LogP contribution >= 0.6 is 15.9 Å². The highest BCUT2D eigenvalue weighted by molar-refractivity contribution is 9.10. The van der Waals surface area contributed by atoms with E-state index in [0.717, 1.165) is 22.2 Å². The summed E-state index contributed by atoms with van der Waals surface area (Å²) in [5, 5.41) is 0. The Kier molecular flexibility index (Phi) is 5.32. The van der Waals surface area contributed by atoms with Crippen LogP contribution in [0.4, 0.5) is 0 Å². The van der Waals surface area contributed by atoms with Crippen LogP contribution in [-0.4, -0.2) is 41.6 Å². The normalized spacial score (nSPS) is 22.7. The number of nitrogens with zero attached hydrogens (tertiary/aromatic N) is 1. The van der Waals surface area contributed by atoms with Gasteiger partial charge in [0.15, 0.2) is 12.4 Å². The lowest BCUT2D eigenvalue weighted by Crippen LogP contribution is -2.37. The molecule has 6 nitrogen and oxygen atoms in total. The summed E-state index contributed by atoms with van der Waals surface area (Å²) < 4.78 is 5.80. The van der Waals surface area contributed by atoms with Crippen molar-refractivity contribution in [3.63, 3.8) is 0 Å². The molecule has 1 aromatic rings. The van der Waals surface area contributed by atoms with E-state index in [1.54, 1.807) is 24.3 Å². The minimum absolute atomic E-state index is 0.286. The van der Waals surface area contributed by atoms with Crippen LogP contribution in [-0.2, 0) is 19.1 Å².